The zero-order valence-electron chi connectivity index (χ0n) is 14.3. The number of carbonyl (C=O) groups is 1. The molecule has 0 atom stereocenters. The fourth-order valence-corrected chi connectivity index (χ4v) is 2.70. The number of hydrogen-bond acceptors (Lipinski definition) is 5. The topological polar surface area (TPSA) is 73.3 Å². The van der Waals surface area contributed by atoms with Gasteiger partial charge >= 0.3 is 0 Å². The number of ether oxygens (including phenoxy) is 2. The molecule has 1 aliphatic heterocycles. The van der Waals surface area contributed by atoms with Crippen molar-refractivity contribution < 1.29 is 14.3 Å². The fourth-order valence-electron chi connectivity index (χ4n) is 2.70. The van der Waals surface area contributed by atoms with E-state index in [0.717, 1.165) is 11.3 Å². The van der Waals surface area contributed by atoms with Gasteiger partial charge in [-0.15, -0.1) is 0 Å². The lowest BCUT2D eigenvalue weighted by Gasteiger charge is -2.16. The highest BCUT2D eigenvalue weighted by Crippen LogP contribution is 2.36. The summed E-state index contributed by atoms with van der Waals surface area (Å²) < 4.78 is 11.4. The predicted octanol–water partition coefficient (Wildman–Crippen LogP) is 3.15. The Bertz CT molecular complexity index is 787. The Morgan fingerprint density at radius 3 is 2.88 bits per heavy atom. The molecule has 0 aromatic carbocycles. The highest BCUT2D eigenvalue weighted by molar-refractivity contribution is 6.05. The zero-order chi connectivity index (χ0) is 17.3. The van der Waals surface area contributed by atoms with Crippen LogP contribution in [0.25, 0.3) is 0 Å². The van der Waals surface area contributed by atoms with Crippen LogP contribution >= 0.6 is 0 Å². The molecule has 1 aliphatic rings. The van der Waals surface area contributed by atoms with E-state index < -0.39 is 0 Å². The molecule has 24 heavy (non-hydrogen) atoms. The van der Waals surface area contributed by atoms with Gasteiger partial charge in [0.25, 0.3) is 5.91 Å². The number of hydrogen-bond donors (Lipinski definition) is 1. The molecular weight excluding hydrogens is 306 g/mol. The van der Waals surface area contributed by atoms with Crippen LogP contribution in [-0.2, 0) is 6.42 Å². The number of nitrogens with zero attached hydrogens (tertiary/aromatic N) is 2. The molecule has 0 bridgehead atoms. The minimum Gasteiger partial charge on any atom is -0.477 e. The second-order valence-electron chi connectivity index (χ2n) is 6.40. The van der Waals surface area contributed by atoms with Crippen LogP contribution in [-0.4, -0.2) is 28.1 Å². The molecule has 0 spiro atoms. The number of rotatable bonds is 4. The van der Waals surface area contributed by atoms with Gasteiger partial charge < -0.3 is 14.8 Å². The van der Waals surface area contributed by atoms with Gasteiger partial charge in [-0.3, -0.25) is 4.79 Å². The van der Waals surface area contributed by atoms with Gasteiger partial charge in [0, 0.05) is 17.7 Å². The van der Waals surface area contributed by atoms with Crippen LogP contribution in [0, 0.1) is 6.92 Å². The maximum atomic E-state index is 12.7. The van der Waals surface area contributed by atoms with Crippen LogP contribution in [0.3, 0.4) is 0 Å². The molecule has 1 amide bonds. The van der Waals surface area contributed by atoms with Gasteiger partial charge in [-0.05, 0) is 45.9 Å². The highest BCUT2D eigenvalue weighted by atomic mass is 16.5. The van der Waals surface area contributed by atoms with Crippen molar-refractivity contribution in [2.75, 3.05) is 11.9 Å². The van der Waals surface area contributed by atoms with Crippen molar-refractivity contribution in [1.29, 1.82) is 0 Å². The van der Waals surface area contributed by atoms with E-state index >= 15 is 0 Å². The molecule has 6 nitrogen and oxygen atoms in total. The molecule has 0 aliphatic carbocycles. The second kappa shape index (κ2) is 6.11. The number of pyridine rings is 2. The normalized spacial score (nSPS) is 14.7. The van der Waals surface area contributed by atoms with Gasteiger partial charge in [0.1, 0.15) is 17.0 Å². The Morgan fingerprint density at radius 1 is 1.38 bits per heavy atom. The van der Waals surface area contributed by atoms with Crippen molar-refractivity contribution in [1.82, 2.24) is 9.97 Å². The molecule has 0 radical (unpaired) electrons. The summed E-state index contributed by atoms with van der Waals surface area (Å²) in [6, 6.07) is 7.27. The lowest BCUT2D eigenvalue weighted by Crippen LogP contribution is -2.24. The first kappa shape index (κ1) is 16.2. The van der Waals surface area contributed by atoms with E-state index in [0.29, 0.717) is 30.3 Å². The Morgan fingerprint density at radius 2 is 2.17 bits per heavy atom. The number of fused-ring (bicyclic) bond motifs is 1. The third kappa shape index (κ3) is 3.32. The van der Waals surface area contributed by atoms with Gasteiger partial charge in [-0.25, -0.2) is 4.98 Å². The number of anilines is 1. The van der Waals surface area contributed by atoms with Crippen LogP contribution in [0.4, 0.5) is 5.82 Å². The summed E-state index contributed by atoms with van der Waals surface area (Å²) in [6.07, 6.45) is 0.699. The van der Waals surface area contributed by atoms with Crippen LogP contribution in [0.2, 0.25) is 0 Å². The molecular formula is C18H21N3O3. The predicted molar refractivity (Wildman–Crippen MR) is 90.7 cm³/mol. The molecule has 126 valence electrons. The van der Waals surface area contributed by atoms with Gasteiger partial charge in [0.2, 0.25) is 11.8 Å². The summed E-state index contributed by atoms with van der Waals surface area (Å²) in [5.41, 5.74) is 1.80. The van der Waals surface area contributed by atoms with E-state index in [1.165, 1.54) is 0 Å². The molecule has 1 N–H and O–H groups in total. The quantitative estimate of drug-likeness (QED) is 0.934. The van der Waals surface area contributed by atoms with Crippen LogP contribution in [0.15, 0.2) is 24.3 Å². The average molecular weight is 327 g/mol. The summed E-state index contributed by atoms with van der Waals surface area (Å²) in [6.45, 7) is 8.12. The standard InChI is InChI=1S/C18H21N3O3/c1-5-23-17-13(9-12-10-18(3,4)24-16(12)21-17)15(22)20-14-8-6-7-11(2)19-14/h6-9H,5,10H2,1-4H3,(H,19,20,22). The summed E-state index contributed by atoms with van der Waals surface area (Å²) in [7, 11) is 0. The molecule has 3 rings (SSSR count). The molecule has 0 saturated heterocycles. The van der Waals surface area contributed by atoms with Crippen molar-refractivity contribution in [3.8, 4) is 11.8 Å². The number of carbonyl (C=O) groups excluding carboxylic acids is 1. The van der Waals surface area contributed by atoms with Gasteiger partial charge in [-0.1, -0.05) is 6.07 Å². The van der Waals surface area contributed by atoms with Gasteiger partial charge in [0.05, 0.1) is 6.61 Å². The molecule has 0 saturated carbocycles. The second-order valence-corrected chi connectivity index (χ2v) is 6.40. The SMILES string of the molecule is CCOc1nc2c(cc1C(=O)Nc1cccc(C)n1)CC(C)(C)O2. The minimum absolute atomic E-state index is 0.277. The highest BCUT2D eigenvalue weighted by Gasteiger charge is 2.33. The molecule has 0 unspecified atom stereocenters. The summed E-state index contributed by atoms with van der Waals surface area (Å²) >= 11 is 0. The van der Waals surface area contributed by atoms with E-state index in [2.05, 4.69) is 15.3 Å². The van der Waals surface area contributed by atoms with Crippen LogP contribution < -0.4 is 14.8 Å². The molecule has 0 fully saturated rings. The largest absolute Gasteiger partial charge is 0.477 e. The maximum Gasteiger partial charge on any atom is 0.262 e. The first-order valence-corrected chi connectivity index (χ1v) is 7.99. The first-order chi connectivity index (χ1) is 11.4. The molecule has 2 aromatic rings. The number of amides is 1. The summed E-state index contributed by atoms with van der Waals surface area (Å²) in [5, 5.41) is 2.80. The third-order valence-corrected chi connectivity index (χ3v) is 3.67. The van der Waals surface area contributed by atoms with E-state index in [4.69, 9.17) is 9.47 Å². The summed E-state index contributed by atoms with van der Waals surface area (Å²) in [4.78, 5) is 21.4. The molecule has 2 aromatic heterocycles. The first-order valence-electron chi connectivity index (χ1n) is 7.99. The Hall–Kier alpha value is -2.63. The van der Waals surface area contributed by atoms with E-state index in [-0.39, 0.29) is 17.4 Å². The van der Waals surface area contributed by atoms with Crippen LogP contribution in [0.1, 0.15) is 42.4 Å². The zero-order valence-corrected chi connectivity index (χ0v) is 14.3. The van der Waals surface area contributed by atoms with Gasteiger partial charge in [0.15, 0.2) is 0 Å². The summed E-state index contributed by atoms with van der Waals surface area (Å²) in [5.74, 6) is 1.02. The minimum atomic E-state index is -0.327. The smallest absolute Gasteiger partial charge is 0.262 e. The van der Waals surface area contributed by atoms with Crippen molar-refractivity contribution >= 4 is 11.7 Å². The van der Waals surface area contributed by atoms with E-state index in [9.17, 15) is 4.79 Å². The Kier molecular flexibility index (Phi) is 4.13. The van der Waals surface area contributed by atoms with Crippen molar-refractivity contribution in [3.05, 3.63) is 41.1 Å². The number of aromatic nitrogens is 2. The third-order valence-electron chi connectivity index (χ3n) is 3.67. The van der Waals surface area contributed by atoms with Crippen molar-refractivity contribution in [3.63, 3.8) is 0 Å². The molecule has 3 heterocycles. The van der Waals surface area contributed by atoms with Crippen LogP contribution in [0.5, 0.6) is 11.8 Å². The monoisotopic (exact) mass is 327 g/mol. The molecule has 6 heteroatoms. The Balaban J connectivity index is 1.93. The van der Waals surface area contributed by atoms with E-state index in [1.807, 2.05) is 39.8 Å². The van der Waals surface area contributed by atoms with Gasteiger partial charge in [-0.2, -0.15) is 4.98 Å². The fraction of sp³-hybridized carbons (Fsp3) is 0.389. The van der Waals surface area contributed by atoms with Crippen molar-refractivity contribution in [2.24, 2.45) is 0 Å². The lowest BCUT2D eigenvalue weighted by atomic mass is 10.0. The lowest BCUT2D eigenvalue weighted by molar-refractivity contribution is 0.102. The number of aryl methyl sites for hydroxylation is 1. The Labute approximate surface area is 141 Å². The number of nitrogens with one attached hydrogen (secondary N) is 1. The van der Waals surface area contributed by atoms with Crippen molar-refractivity contribution in [2.45, 2.75) is 39.7 Å². The maximum absolute atomic E-state index is 12.7. The van der Waals surface area contributed by atoms with E-state index in [1.54, 1.807) is 12.1 Å². The average Bonchev–Trinajstić information content (AvgIpc) is 2.79.